The van der Waals surface area contributed by atoms with Gasteiger partial charge in [0.15, 0.2) is 0 Å². The Morgan fingerprint density at radius 1 is 1.22 bits per heavy atom. The third-order valence-electron chi connectivity index (χ3n) is 6.16. The average Bonchev–Trinajstić information content (AvgIpc) is 3.33. The van der Waals surface area contributed by atoms with Crippen molar-refractivity contribution in [1.29, 1.82) is 0 Å². The summed E-state index contributed by atoms with van der Waals surface area (Å²) in [6, 6.07) is 6.71. The minimum atomic E-state index is -0.286. The molecule has 0 aliphatic carbocycles. The molecule has 0 unspecified atom stereocenters. The van der Waals surface area contributed by atoms with Gasteiger partial charge >= 0.3 is 0 Å². The molecule has 1 atom stereocenters. The van der Waals surface area contributed by atoms with E-state index >= 15 is 0 Å². The number of nitrogens with zero attached hydrogens (tertiary/aromatic N) is 4. The van der Waals surface area contributed by atoms with E-state index in [9.17, 15) is 9.18 Å². The highest BCUT2D eigenvalue weighted by molar-refractivity contribution is 5.77. The van der Waals surface area contributed by atoms with Gasteiger partial charge in [-0.2, -0.15) is 0 Å². The Hall–Kier alpha value is -2.58. The van der Waals surface area contributed by atoms with Crippen LogP contribution in [0.1, 0.15) is 37.3 Å². The highest BCUT2D eigenvalue weighted by Gasteiger charge is 2.28. The summed E-state index contributed by atoms with van der Waals surface area (Å²) in [5, 5.41) is 0. The van der Waals surface area contributed by atoms with Crippen LogP contribution in [0.3, 0.4) is 0 Å². The molecule has 2 aromatic rings. The van der Waals surface area contributed by atoms with E-state index in [0.717, 1.165) is 43.5 Å². The number of carbonyl (C=O) groups excluding carboxylic acids is 1. The van der Waals surface area contributed by atoms with Gasteiger partial charge in [0.2, 0.25) is 11.9 Å². The van der Waals surface area contributed by atoms with Crippen molar-refractivity contribution in [1.82, 2.24) is 14.9 Å². The molecule has 0 spiro atoms. The van der Waals surface area contributed by atoms with Gasteiger partial charge in [0.05, 0.1) is 18.4 Å². The number of likely N-dealkylation sites (tertiary alicyclic amines) is 1. The largest absolute Gasteiger partial charge is 0.376 e. The van der Waals surface area contributed by atoms with Crippen LogP contribution >= 0.6 is 0 Å². The minimum absolute atomic E-state index is 0.00689. The third kappa shape index (κ3) is 5.24. The molecule has 1 aromatic heterocycles. The van der Waals surface area contributed by atoms with E-state index in [4.69, 9.17) is 14.5 Å². The Labute approximate surface area is 188 Å². The van der Waals surface area contributed by atoms with E-state index in [2.05, 4.69) is 4.98 Å². The summed E-state index contributed by atoms with van der Waals surface area (Å²) >= 11 is 0. The minimum Gasteiger partial charge on any atom is -0.376 e. The molecule has 32 heavy (non-hydrogen) atoms. The smallest absolute Gasteiger partial charge is 0.248 e. The maximum absolute atomic E-state index is 14.5. The second-order valence-corrected chi connectivity index (χ2v) is 8.65. The molecule has 1 aromatic carbocycles. The SMILES string of the molecule is CN(C)c1ncc(-c2ccccc2F)c(C2CCN(C(=O)COC[C@H]3CCCO3)CC2)n1. The number of hydrogen-bond acceptors (Lipinski definition) is 6. The van der Waals surface area contributed by atoms with Gasteiger partial charge in [-0.05, 0) is 31.7 Å². The van der Waals surface area contributed by atoms with Crippen LogP contribution in [0.4, 0.5) is 10.3 Å². The second kappa shape index (κ2) is 10.4. The van der Waals surface area contributed by atoms with Crippen LogP contribution in [0.5, 0.6) is 0 Å². The number of amides is 1. The van der Waals surface area contributed by atoms with E-state index in [1.54, 1.807) is 18.3 Å². The number of piperidine rings is 1. The predicted molar refractivity (Wildman–Crippen MR) is 120 cm³/mol. The molecule has 3 heterocycles. The molecule has 172 valence electrons. The van der Waals surface area contributed by atoms with E-state index in [1.807, 2.05) is 30.0 Å². The monoisotopic (exact) mass is 442 g/mol. The zero-order chi connectivity index (χ0) is 22.5. The quantitative estimate of drug-likeness (QED) is 0.656. The van der Waals surface area contributed by atoms with Crippen LogP contribution in [-0.2, 0) is 14.3 Å². The molecule has 0 saturated carbocycles. The first-order chi connectivity index (χ1) is 15.5. The first kappa shape index (κ1) is 22.6. The average molecular weight is 443 g/mol. The summed E-state index contributed by atoms with van der Waals surface area (Å²) in [5.74, 6) is 0.447. The fraction of sp³-hybridized carbons (Fsp3) is 0.542. The van der Waals surface area contributed by atoms with Crippen molar-refractivity contribution < 1.29 is 18.7 Å². The highest BCUT2D eigenvalue weighted by Crippen LogP contribution is 2.35. The molecule has 0 N–H and O–H groups in total. The third-order valence-corrected chi connectivity index (χ3v) is 6.16. The van der Waals surface area contributed by atoms with Crippen LogP contribution in [0.2, 0.25) is 0 Å². The van der Waals surface area contributed by atoms with Gasteiger partial charge in [0.1, 0.15) is 12.4 Å². The van der Waals surface area contributed by atoms with E-state index < -0.39 is 0 Å². The lowest BCUT2D eigenvalue weighted by atomic mass is 9.88. The molecule has 7 nitrogen and oxygen atoms in total. The lowest BCUT2D eigenvalue weighted by molar-refractivity contribution is -0.138. The lowest BCUT2D eigenvalue weighted by Crippen LogP contribution is -2.40. The maximum Gasteiger partial charge on any atom is 0.248 e. The summed E-state index contributed by atoms with van der Waals surface area (Å²) < 4.78 is 25.7. The molecular weight excluding hydrogens is 411 g/mol. The van der Waals surface area contributed by atoms with Crippen LogP contribution in [0.25, 0.3) is 11.1 Å². The number of anilines is 1. The van der Waals surface area contributed by atoms with Crippen molar-refractivity contribution in [2.75, 3.05) is 51.9 Å². The van der Waals surface area contributed by atoms with Crippen LogP contribution in [0.15, 0.2) is 30.5 Å². The van der Waals surface area contributed by atoms with Gasteiger partial charge in [0.25, 0.3) is 0 Å². The van der Waals surface area contributed by atoms with E-state index in [0.29, 0.717) is 31.2 Å². The van der Waals surface area contributed by atoms with Crippen LogP contribution < -0.4 is 4.90 Å². The molecular formula is C24H31FN4O3. The molecule has 2 fully saturated rings. The van der Waals surface area contributed by atoms with Gasteiger partial charge in [0, 0.05) is 57.0 Å². The number of halogens is 1. The van der Waals surface area contributed by atoms with Gasteiger partial charge in [-0.15, -0.1) is 0 Å². The maximum atomic E-state index is 14.5. The Kier molecular flexibility index (Phi) is 7.32. The van der Waals surface area contributed by atoms with Crippen LogP contribution in [0, 0.1) is 5.82 Å². The Morgan fingerprint density at radius 2 is 2.00 bits per heavy atom. The molecule has 8 heteroatoms. The van der Waals surface area contributed by atoms with Gasteiger partial charge < -0.3 is 19.3 Å². The standard InChI is InChI=1S/C24H31FN4O3/c1-28(2)24-26-14-20(19-7-3-4-8-21(19)25)23(27-24)17-9-11-29(12-10-17)22(30)16-31-15-18-6-5-13-32-18/h3-4,7-8,14,17-18H,5-6,9-13,15-16H2,1-2H3/t18-/m1/s1. The summed E-state index contributed by atoms with van der Waals surface area (Å²) in [6.45, 7) is 2.60. The first-order valence-corrected chi connectivity index (χ1v) is 11.3. The van der Waals surface area contributed by atoms with Gasteiger partial charge in [-0.1, -0.05) is 18.2 Å². The van der Waals surface area contributed by atoms with Gasteiger partial charge in [-0.3, -0.25) is 4.79 Å². The fourth-order valence-electron chi connectivity index (χ4n) is 4.35. The topological polar surface area (TPSA) is 67.8 Å². The number of benzene rings is 1. The first-order valence-electron chi connectivity index (χ1n) is 11.3. The van der Waals surface area contributed by atoms with Gasteiger partial charge in [-0.25, -0.2) is 14.4 Å². The molecule has 2 saturated heterocycles. The summed E-state index contributed by atoms with van der Waals surface area (Å²) in [7, 11) is 3.78. The molecule has 2 aliphatic heterocycles. The normalized spacial score (nSPS) is 19.3. The van der Waals surface area contributed by atoms with E-state index in [1.165, 1.54) is 6.07 Å². The highest BCUT2D eigenvalue weighted by atomic mass is 19.1. The van der Waals surface area contributed by atoms with Crippen molar-refractivity contribution in [2.45, 2.75) is 37.7 Å². The van der Waals surface area contributed by atoms with Crippen molar-refractivity contribution in [2.24, 2.45) is 0 Å². The van der Waals surface area contributed by atoms with Crippen molar-refractivity contribution in [3.63, 3.8) is 0 Å². The Balaban J connectivity index is 1.42. The number of hydrogen-bond donors (Lipinski definition) is 0. The zero-order valence-corrected chi connectivity index (χ0v) is 18.8. The summed E-state index contributed by atoms with van der Waals surface area (Å²) in [4.78, 5) is 25.5. The second-order valence-electron chi connectivity index (χ2n) is 8.65. The molecule has 0 bridgehead atoms. The van der Waals surface area contributed by atoms with Crippen LogP contribution in [-0.4, -0.2) is 73.9 Å². The molecule has 4 rings (SSSR count). The summed E-state index contributed by atoms with van der Waals surface area (Å²) in [5.41, 5.74) is 2.07. The fourth-order valence-corrected chi connectivity index (χ4v) is 4.35. The molecule has 2 aliphatic rings. The lowest BCUT2D eigenvalue weighted by Gasteiger charge is -2.32. The molecule has 1 amide bonds. The predicted octanol–water partition coefficient (Wildman–Crippen LogP) is 3.25. The van der Waals surface area contributed by atoms with Crippen molar-refractivity contribution in [3.05, 3.63) is 42.0 Å². The van der Waals surface area contributed by atoms with Crippen molar-refractivity contribution in [3.8, 4) is 11.1 Å². The zero-order valence-electron chi connectivity index (χ0n) is 18.8. The summed E-state index contributed by atoms with van der Waals surface area (Å²) in [6.07, 6.45) is 5.42. The number of rotatable bonds is 7. The number of aromatic nitrogens is 2. The molecule has 0 radical (unpaired) electrons. The number of ether oxygens (including phenoxy) is 2. The van der Waals surface area contributed by atoms with Crippen molar-refractivity contribution >= 4 is 11.9 Å². The van der Waals surface area contributed by atoms with E-state index in [-0.39, 0.29) is 30.4 Å². The Bertz CT molecular complexity index is 925. The Morgan fingerprint density at radius 3 is 2.69 bits per heavy atom. The number of carbonyl (C=O) groups is 1.